The molecule has 4 aromatic rings. The number of halogens is 2. The first-order valence-corrected chi connectivity index (χ1v) is 8.93. The molecule has 130 valence electrons. The summed E-state index contributed by atoms with van der Waals surface area (Å²) in [5, 5.41) is 6.60. The van der Waals surface area contributed by atoms with Crippen molar-refractivity contribution in [2.45, 2.75) is 13.0 Å². The highest BCUT2D eigenvalue weighted by molar-refractivity contribution is 6.30. The standard InChI is InChI=1S/C21H15Cl2NO2/c22-16-6-4-14(5-7-16)11-20-19-9-8-18(12-21(19)26-24-20)25-13-15-2-1-3-17(23)10-15/h1-10,12H,11,13H2. The minimum Gasteiger partial charge on any atom is -0.489 e. The minimum absolute atomic E-state index is 0.442. The fourth-order valence-corrected chi connectivity index (χ4v) is 3.12. The van der Waals surface area contributed by atoms with E-state index in [4.69, 9.17) is 32.5 Å². The first kappa shape index (κ1) is 17.0. The van der Waals surface area contributed by atoms with Gasteiger partial charge in [-0.15, -0.1) is 0 Å². The maximum atomic E-state index is 6.00. The zero-order valence-electron chi connectivity index (χ0n) is 13.8. The first-order chi connectivity index (χ1) is 12.7. The highest BCUT2D eigenvalue weighted by Gasteiger charge is 2.10. The summed E-state index contributed by atoms with van der Waals surface area (Å²) in [6, 6.07) is 21.1. The van der Waals surface area contributed by atoms with Gasteiger partial charge < -0.3 is 9.26 Å². The van der Waals surface area contributed by atoms with Crippen LogP contribution in [0.1, 0.15) is 16.8 Å². The zero-order chi connectivity index (χ0) is 17.9. The van der Waals surface area contributed by atoms with Crippen LogP contribution >= 0.6 is 23.2 Å². The van der Waals surface area contributed by atoms with E-state index in [9.17, 15) is 0 Å². The molecule has 5 heteroatoms. The second kappa shape index (κ2) is 7.40. The lowest BCUT2D eigenvalue weighted by atomic mass is 10.1. The maximum absolute atomic E-state index is 6.00. The van der Waals surface area contributed by atoms with Gasteiger partial charge >= 0.3 is 0 Å². The Kier molecular flexibility index (Phi) is 4.83. The summed E-state index contributed by atoms with van der Waals surface area (Å²) in [5.41, 5.74) is 3.74. The van der Waals surface area contributed by atoms with Crippen LogP contribution in [0.15, 0.2) is 71.3 Å². The molecular weight excluding hydrogens is 369 g/mol. The Balaban J connectivity index is 1.50. The summed E-state index contributed by atoms with van der Waals surface area (Å²) in [7, 11) is 0. The molecule has 4 rings (SSSR count). The molecular formula is C21H15Cl2NO2. The normalized spacial score (nSPS) is 11.0. The van der Waals surface area contributed by atoms with Crippen LogP contribution in [0.25, 0.3) is 11.0 Å². The number of fused-ring (bicyclic) bond motifs is 1. The summed E-state index contributed by atoms with van der Waals surface area (Å²) in [6.07, 6.45) is 0.687. The van der Waals surface area contributed by atoms with Gasteiger partial charge in [-0.3, -0.25) is 0 Å². The average Bonchev–Trinajstić information content (AvgIpc) is 3.04. The third-order valence-corrected chi connectivity index (χ3v) is 4.58. The summed E-state index contributed by atoms with van der Waals surface area (Å²) in [6.45, 7) is 0.442. The van der Waals surface area contributed by atoms with E-state index in [0.29, 0.717) is 23.6 Å². The van der Waals surface area contributed by atoms with Crippen molar-refractivity contribution in [3.8, 4) is 5.75 Å². The monoisotopic (exact) mass is 383 g/mol. The molecule has 3 aromatic carbocycles. The summed E-state index contributed by atoms with van der Waals surface area (Å²) in [5.74, 6) is 0.728. The predicted molar refractivity (Wildman–Crippen MR) is 104 cm³/mol. The van der Waals surface area contributed by atoms with Gasteiger partial charge in [0.1, 0.15) is 12.4 Å². The summed E-state index contributed by atoms with van der Waals surface area (Å²) in [4.78, 5) is 0. The highest BCUT2D eigenvalue weighted by Crippen LogP contribution is 2.26. The predicted octanol–water partition coefficient (Wildman–Crippen LogP) is 6.30. The Labute approximate surface area is 161 Å². The maximum Gasteiger partial charge on any atom is 0.170 e. The van der Waals surface area contributed by atoms with Gasteiger partial charge in [-0.1, -0.05) is 52.6 Å². The molecule has 1 aromatic heterocycles. The van der Waals surface area contributed by atoms with Gasteiger partial charge in [0.05, 0.1) is 5.69 Å². The van der Waals surface area contributed by atoms with E-state index in [2.05, 4.69) is 5.16 Å². The molecule has 3 nitrogen and oxygen atoms in total. The van der Waals surface area contributed by atoms with Crippen LogP contribution in [0.4, 0.5) is 0 Å². The van der Waals surface area contributed by atoms with Crippen LogP contribution in [0, 0.1) is 0 Å². The zero-order valence-corrected chi connectivity index (χ0v) is 15.3. The van der Waals surface area contributed by atoms with Gasteiger partial charge in [-0.25, -0.2) is 0 Å². The molecule has 0 saturated carbocycles. The van der Waals surface area contributed by atoms with Gasteiger partial charge in [0.15, 0.2) is 5.58 Å². The summed E-state index contributed by atoms with van der Waals surface area (Å²) < 4.78 is 11.3. The van der Waals surface area contributed by atoms with Crippen molar-refractivity contribution >= 4 is 34.2 Å². The van der Waals surface area contributed by atoms with E-state index in [0.717, 1.165) is 33.0 Å². The van der Waals surface area contributed by atoms with Gasteiger partial charge in [-0.05, 0) is 47.5 Å². The Bertz CT molecular complexity index is 1040. The lowest BCUT2D eigenvalue weighted by Crippen LogP contribution is -1.95. The lowest BCUT2D eigenvalue weighted by molar-refractivity contribution is 0.306. The SMILES string of the molecule is Clc1ccc(Cc2noc3cc(OCc4cccc(Cl)c4)ccc23)cc1. The van der Waals surface area contributed by atoms with Crippen molar-refractivity contribution in [1.82, 2.24) is 5.16 Å². The molecule has 0 bridgehead atoms. The number of hydrogen-bond donors (Lipinski definition) is 0. The van der Waals surface area contributed by atoms with Gasteiger partial charge in [0, 0.05) is 27.9 Å². The number of aromatic nitrogens is 1. The number of ether oxygens (including phenoxy) is 1. The molecule has 26 heavy (non-hydrogen) atoms. The molecule has 0 aliphatic carbocycles. The quantitative estimate of drug-likeness (QED) is 0.405. The van der Waals surface area contributed by atoms with E-state index in [-0.39, 0.29) is 0 Å². The number of benzene rings is 3. The molecule has 0 unspecified atom stereocenters. The van der Waals surface area contributed by atoms with E-state index in [1.165, 1.54) is 0 Å². The molecule has 0 atom stereocenters. The third kappa shape index (κ3) is 3.85. The Morgan fingerprint density at radius 2 is 1.69 bits per heavy atom. The Morgan fingerprint density at radius 3 is 2.50 bits per heavy atom. The molecule has 0 N–H and O–H groups in total. The van der Waals surface area contributed by atoms with Crippen molar-refractivity contribution in [1.29, 1.82) is 0 Å². The van der Waals surface area contributed by atoms with E-state index >= 15 is 0 Å². The fourth-order valence-electron chi connectivity index (χ4n) is 2.78. The van der Waals surface area contributed by atoms with Crippen molar-refractivity contribution in [3.05, 3.63) is 93.6 Å². The second-order valence-electron chi connectivity index (χ2n) is 6.01. The molecule has 0 aliphatic heterocycles. The van der Waals surface area contributed by atoms with Crippen LogP contribution in [-0.4, -0.2) is 5.16 Å². The van der Waals surface area contributed by atoms with E-state index < -0.39 is 0 Å². The molecule has 0 radical (unpaired) electrons. The first-order valence-electron chi connectivity index (χ1n) is 8.17. The average molecular weight is 384 g/mol. The minimum atomic E-state index is 0.442. The molecule has 0 saturated heterocycles. The molecule has 1 heterocycles. The van der Waals surface area contributed by atoms with Gasteiger partial charge in [0.2, 0.25) is 0 Å². The van der Waals surface area contributed by atoms with Crippen LogP contribution in [0.5, 0.6) is 5.75 Å². The molecule has 0 fully saturated rings. The highest BCUT2D eigenvalue weighted by atomic mass is 35.5. The van der Waals surface area contributed by atoms with Crippen LogP contribution in [0.2, 0.25) is 10.0 Å². The van der Waals surface area contributed by atoms with Crippen LogP contribution in [-0.2, 0) is 13.0 Å². The summed E-state index contributed by atoms with van der Waals surface area (Å²) >= 11 is 11.9. The van der Waals surface area contributed by atoms with Crippen molar-refractivity contribution in [3.63, 3.8) is 0 Å². The smallest absolute Gasteiger partial charge is 0.170 e. The lowest BCUT2D eigenvalue weighted by Gasteiger charge is -2.06. The van der Waals surface area contributed by atoms with Crippen LogP contribution < -0.4 is 4.74 Å². The van der Waals surface area contributed by atoms with Gasteiger partial charge in [-0.2, -0.15) is 0 Å². The third-order valence-electron chi connectivity index (χ3n) is 4.10. The van der Waals surface area contributed by atoms with E-state index in [1.807, 2.05) is 66.7 Å². The molecule has 0 spiro atoms. The number of hydrogen-bond acceptors (Lipinski definition) is 3. The molecule has 0 amide bonds. The van der Waals surface area contributed by atoms with Crippen molar-refractivity contribution in [2.75, 3.05) is 0 Å². The fraction of sp³-hybridized carbons (Fsp3) is 0.0952. The molecule has 0 aliphatic rings. The number of nitrogens with zero attached hydrogens (tertiary/aromatic N) is 1. The second-order valence-corrected chi connectivity index (χ2v) is 6.88. The Morgan fingerprint density at radius 1 is 0.846 bits per heavy atom. The van der Waals surface area contributed by atoms with Crippen LogP contribution in [0.3, 0.4) is 0 Å². The number of rotatable bonds is 5. The van der Waals surface area contributed by atoms with Crippen molar-refractivity contribution in [2.24, 2.45) is 0 Å². The van der Waals surface area contributed by atoms with Gasteiger partial charge in [0.25, 0.3) is 0 Å². The van der Waals surface area contributed by atoms with E-state index in [1.54, 1.807) is 0 Å². The largest absolute Gasteiger partial charge is 0.489 e. The Hall–Kier alpha value is -2.49. The topological polar surface area (TPSA) is 35.3 Å². The van der Waals surface area contributed by atoms with Crippen molar-refractivity contribution < 1.29 is 9.26 Å².